The molecular formula is C23H22N6O. The number of nitrogens with two attached hydrogens (primary N) is 1. The zero-order chi connectivity index (χ0) is 21.0. The van der Waals surface area contributed by atoms with Crippen molar-refractivity contribution in [3.05, 3.63) is 71.2 Å². The molecule has 30 heavy (non-hydrogen) atoms. The number of guanidine groups is 1. The van der Waals surface area contributed by atoms with Gasteiger partial charge in [-0.3, -0.25) is 14.1 Å². The Hall–Kier alpha value is -3.66. The van der Waals surface area contributed by atoms with E-state index in [9.17, 15) is 10.1 Å². The maximum absolute atomic E-state index is 13.4. The zero-order valence-corrected chi connectivity index (χ0v) is 16.9. The molecule has 1 aromatic carbocycles. The number of aliphatic imine (C=N–C) groups is 1. The zero-order valence-electron chi connectivity index (χ0n) is 16.9. The van der Waals surface area contributed by atoms with Gasteiger partial charge in [0.25, 0.3) is 0 Å². The third-order valence-corrected chi connectivity index (χ3v) is 6.35. The topological polar surface area (TPSA) is 99.8 Å². The summed E-state index contributed by atoms with van der Waals surface area (Å²) >= 11 is 0. The monoisotopic (exact) mass is 398 g/mol. The SMILES string of the molecule is CN1C(=O)[C@H](c2ccc(C3CC3)cc2)[C@@](C)(c2ccc3ncc(C#N)n3c2)N=C1N. The van der Waals surface area contributed by atoms with E-state index in [0.29, 0.717) is 17.3 Å². The number of benzene rings is 1. The van der Waals surface area contributed by atoms with Gasteiger partial charge in [0.05, 0.1) is 12.1 Å². The third kappa shape index (κ3) is 2.68. The van der Waals surface area contributed by atoms with Gasteiger partial charge in [-0.2, -0.15) is 5.26 Å². The predicted molar refractivity (Wildman–Crippen MR) is 113 cm³/mol. The Morgan fingerprint density at radius 3 is 2.53 bits per heavy atom. The van der Waals surface area contributed by atoms with Gasteiger partial charge in [0.1, 0.15) is 22.9 Å². The van der Waals surface area contributed by atoms with E-state index in [1.54, 1.807) is 11.4 Å². The molecule has 3 heterocycles. The van der Waals surface area contributed by atoms with Crippen molar-refractivity contribution in [3.8, 4) is 6.07 Å². The molecule has 7 heteroatoms. The number of hydrogen-bond acceptors (Lipinski definition) is 5. The highest BCUT2D eigenvalue weighted by atomic mass is 16.2. The molecule has 3 aromatic rings. The van der Waals surface area contributed by atoms with Gasteiger partial charge in [0.15, 0.2) is 5.96 Å². The molecule has 1 saturated carbocycles. The number of carbonyl (C=O) groups excluding carboxylic acids is 1. The van der Waals surface area contributed by atoms with Crippen LogP contribution in [0, 0.1) is 11.3 Å². The number of amides is 1. The summed E-state index contributed by atoms with van der Waals surface area (Å²) in [6.07, 6.45) is 5.83. The lowest BCUT2D eigenvalue weighted by Crippen LogP contribution is -2.52. The Labute approximate surface area is 174 Å². The maximum atomic E-state index is 13.4. The lowest BCUT2D eigenvalue weighted by Gasteiger charge is -2.40. The molecule has 1 aliphatic carbocycles. The molecule has 1 fully saturated rings. The van der Waals surface area contributed by atoms with Crippen molar-refractivity contribution in [3.63, 3.8) is 0 Å². The lowest BCUT2D eigenvalue weighted by molar-refractivity contribution is -0.130. The number of fused-ring (bicyclic) bond motifs is 1. The van der Waals surface area contributed by atoms with Gasteiger partial charge < -0.3 is 5.73 Å². The quantitative estimate of drug-likeness (QED) is 0.733. The molecule has 2 aliphatic rings. The van der Waals surface area contributed by atoms with Crippen LogP contribution in [0.4, 0.5) is 0 Å². The van der Waals surface area contributed by atoms with Gasteiger partial charge in [-0.1, -0.05) is 30.3 Å². The molecule has 2 atom stereocenters. The molecule has 150 valence electrons. The van der Waals surface area contributed by atoms with Crippen LogP contribution in [0.2, 0.25) is 0 Å². The van der Waals surface area contributed by atoms with Crippen LogP contribution in [0.25, 0.3) is 5.65 Å². The van der Waals surface area contributed by atoms with Crippen LogP contribution in [0.1, 0.15) is 54.0 Å². The van der Waals surface area contributed by atoms with Gasteiger partial charge in [0, 0.05) is 13.2 Å². The van der Waals surface area contributed by atoms with Gasteiger partial charge >= 0.3 is 0 Å². The first-order valence-electron chi connectivity index (χ1n) is 10.0. The van der Waals surface area contributed by atoms with Crippen molar-refractivity contribution in [2.45, 2.75) is 37.1 Å². The molecule has 1 aliphatic heterocycles. The average molecular weight is 398 g/mol. The van der Waals surface area contributed by atoms with Crippen molar-refractivity contribution in [2.24, 2.45) is 10.7 Å². The van der Waals surface area contributed by atoms with E-state index in [4.69, 9.17) is 10.7 Å². The van der Waals surface area contributed by atoms with Crippen LogP contribution < -0.4 is 5.73 Å². The van der Waals surface area contributed by atoms with Crippen molar-refractivity contribution >= 4 is 17.5 Å². The molecule has 0 spiro atoms. The van der Waals surface area contributed by atoms with Crippen molar-refractivity contribution < 1.29 is 4.79 Å². The molecule has 0 radical (unpaired) electrons. The van der Waals surface area contributed by atoms with E-state index in [2.05, 4.69) is 23.2 Å². The smallest absolute Gasteiger partial charge is 0.239 e. The molecule has 0 unspecified atom stereocenters. The summed E-state index contributed by atoms with van der Waals surface area (Å²) in [6, 6.07) is 14.2. The summed E-state index contributed by atoms with van der Waals surface area (Å²) in [5.41, 5.74) is 9.32. The lowest BCUT2D eigenvalue weighted by atomic mass is 9.74. The summed E-state index contributed by atoms with van der Waals surface area (Å²) in [4.78, 5) is 23.8. The van der Waals surface area contributed by atoms with E-state index in [1.165, 1.54) is 29.5 Å². The second-order valence-electron chi connectivity index (χ2n) is 8.29. The number of aromatic nitrogens is 2. The summed E-state index contributed by atoms with van der Waals surface area (Å²) in [5.74, 6) is 0.196. The second-order valence-corrected chi connectivity index (χ2v) is 8.29. The number of rotatable bonds is 3. The molecular weight excluding hydrogens is 376 g/mol. The van der Waals surface area contributed by atoms with Gasteiger partial charge in [-0.15, -0.1) is 0 Å². The van der Waals surface area contributed by atoms with Crippen molar-refractivity contribution in [2.75, 3.05) is 7.05 Å². The van der Waals surface area contributed by atoms with Crippen LogP contribution in [0.3, 0.4) is 0 Å². The van der Waals surface area contributed by atoms with Crippen LogP contribution in [-0.4, -0.2) is 33.2 Å². The fraction of sp³-hybridized carbons (Fsp3) is 0.304. The summed E-state index contributed by atoms with van der Waals surface area (Å²) in [7, 11) is 1.65. The highest BCUT2D eigenvalue weighted by Crippen LogP contribution is 2.45. The van der Waals surface area contributed by atoms with E-state index in [1.807, 2.05) is 37.4 Å². The fourth-order valence-corrected chi connectivity index (χ4v) is 4.36. The molecule has 0 saturated heterocycles. The number of hydrogen-bond donors (Lipinski definition) is 1. The van der Waals surface area contributed by atoms with Crippen LogP contribution in [0.15, 0.2) is 53.8 Å². The van der Waals surface area contributed by atoms with Crippen molar-refractivity contribution in [1.29, 1.82) is 5.26 Å². The maximum Gasteiger partial charge on any atom is 0.239 e. The average Bonchev–Trinajstić information content (AvgIpc) is 3.52. The molecule has 2 N–H and O–H groups in total. The van der Waals surface area contributed by atoms with Crippen LogP contribution >= 0.6 is 0 Å². The largest absolute Gasteiger partial charge is 0.369 e. The number of imidazole rings is 1. The third-order valence-electron chi connectivity index (χ3n) is 6.35. The van der Waals surface area contributed by atoms with E-state index in [0.717, 1.165) is 11.1 Å². The Morgan fingerprint density at radius 2 is 1.87 bits per heavy atom. The molecule has 5 rings (SSSR count). The number of pyridine rings is 1. The summed E-state index contributed by atoms with van der Waals surface area (Å²) in [6.45, 7) is 1.92. The Balaban J connectivity index is 1.67. The fourth-order valence-electron chi connectivity index (χ4n) is 4.36. The molecule has 0 bridgehead atoms. The predicted octanol–water partition coefficient (Wildman–Crippen LogP) is 2.87. The van der Waals surface area contributed by atoms with E-state index in [-0.39, 0.29) is 11.9 Å². The number of nitrogens with zero attached hydrogens (tertiary/aromatic N) is 5. The Bertz CT molecular complexity index is 1230. The number of likely N-dealkylation sites (N-methyl/N-ethyl adjacent to an activating group) is 1. The summed E-state index contributed by atoms with van der Waals surface area (Å²) in [5, 5.41) is 9.40. The normalized spacial score (nSPS) is 24.0. The Kier molecular flexibility index (Phi) is 3.93. The number of nitriles is 1. The van der Waals surface area contributed by atoms with E-state index >= 15 is 0 Å². The van der Waals surface area contributed by atoms with Gasteiger partial charge in [-0.25, -0.2) is 9.98 Å². The highest BCUT2D eigenvalue weighted by Gasteiger charge is 2.47. The van der Waals surface area contributed by atoms with Crippen LogP contribution in [-0.2, 0) is 10.3 Å². The molecule has 7 nitrogen and oxygen atoms in total. The second kappa shape index (κ2) is 6.42. The minimum atomic E-state index is -0.917. The standard InChI is InChI=1S/C23H22N6O/c1-23(17-9-10-19-26-12-18(11-24)29(19)13-17)20(21(30)28(2)22(25)27-23)16-7-5-15(6-8-16)14-3-4-14/h5-10,12-14,20H,3-4H2,1-2H3,(H2,25,27)/t20-,23+/m0/s1. The highest BCUT2D eigenvalue weighted by molar-refractivity contribution is 6.02. The van der Waals surface area contributed by atoms with Gasteiger partial charge in [-0.05, 0) is 48.4 Å². The minimum absolute atomic E-state index is 0.101. The number of carbonyl (C=O) groups is 1. The first kappa shape index (κ1) is 18.4. The Morgan fingerprint density at radius 1 is 1.17 bits per heavy atom. The molecule has 1 amide bonds. The van der Waals surface area contributed by atoms with Crippen LogP contribution in [0.5, 0.6) is 0 Å². The van der Waals surface area contributed by atoms with Crippen molar-refractivity contribution in [1.82, 2.24) is 14.3 Å². The van der Waals surface area contributed by atoms with E-state index < -0.39 is 11.5 Å². The first-order chi connectivity index (χ1) is 14.4. The summed E-state index contributed by atoms with van der Waals surface area (Å²) < 4.78 is 1.72. The van der Waals surface area contributed by atoms with Gasteiger partial charge in [0.2, 0.25) is 5.91 Å². The first-order valence-corrected chi connectivity index (χ1v) is 10.0. The molecule has 2 aromatic heterocycles. The minimum Gasteiger partial charge on any atom is -0.369 e.